The first-order chi connectivity index (χ1) is 9.40. The van der Waals surface area contributed by atoms with E-state index < -0.39 is 0 Å². The highest BCUT2D eigenvalue weighted by Gasteiger charge is 2.29. The fourth-order valence-corrected chi connectivity index (χ4v) is 4.35. The van der Waals surface area contributed by atoms with Gasteiger partial charge in [-0.2, -0.15) is 0 Å². The van der Waals surface area contributed by atoms with Gasteiger partial charge in [-0.05, 0) is 42.8 Å². The molecule has 0 saturated heterocycles. The minimum absolute atomic E-state index is 0.676. The molecule has 1 aromatic rings. The van der Waals surface area contributed by atoms with Gasteiger partial charge >= 0.3 is 0 Å². The van der Waals surface area contributed by atoms with E-state index in [1.807, 2.05) is 11.8 Å². The summed E-state index contributed by atoms with van der Waals surface area (Å²) in [7, 11) is 0. The number of nitrogens with one attached hydrogen (secondary N) is 1. The van der Waals surface area contributed by atoms with Crippen molar-refractivity contribution >= 4 is 28.3 Å². The fourth-order valence-electron chi connectivity index (χ4n) is 3.23. The molecule has 3 nitrogen and oxygen atoms in total. The monoisotopic (exact) mass is 273 g/mol. The van der Waals surface area contributed by atoms with Gasteiger partial charge in [0, 0.05) is 23.2 Å². The lowest BCUT2D eigenvalue weighted by molar-refractivity contribution is 0.462. The van der Waals surface area contributed by atoms with E-state index in [1.54, 1.807) is 0 Å². The smallest absolute Gasteiger partial charge is 0.168 e. The third kappa shape index (κ3) is 2.12. The molecule has 3 aliphatic rings. The topological polar surface area (TPSA) is 27.6 Å². The van der Waals surface area contributed by atoms with Crippen molar-refractivity contribution in [2.24, 2.45) is 4.99 Å². The van der Waals surface area contributed by atoms with Gasteiger partial charge in [-0.3, -0.25) is 4.99 Å². The van der Waals surface area contributed by atoms with Crippen LogP contribution in [0.2, 0.25) is 0 Å². The molecule has 100 valence electrons. The van der Waals surface area contributed by atoms with E-state index in [-0.39, 0.29) is 0 Å². The van der Waals surface area contributed by atoms with Crippen molar-refractivity contribution in [2.45, 2.75) is 43.0 Å². The van der Waals surface area contributed by atoms with E-state index in [1.165, 1.54) is 53.5 Å². The van der Waals surface area contributed by atoms with E-state index in [0.717, 1.165) is 13.1 Å². The van der Waals surface area contributed by atoms with E-state index in [2.05, 4.69) is 33.4 Å². The van der Waals surface area contributed by atoms with Crippen molar-refractivity contribution in [3.8, 4) is 0 Å². The number of amidine groups is 1. The van der Waals surface area contributed by atoms with Gasteiger partial charge in [0.1, 0.15) is 0 Å². The second-order valence-electron chi connectivity index (χ2n) is 5.58. The van der Waals surface area contributed by atoms with Crippen LogP contribution in [0.4, 0.5) is 11.4 Å². The summed E-state index contributed by atoms with van der Waals surface area (Å²) in [6.07, 6.45) is 6.81. The molecule has 0 radical (unpaired) electrons. The van der Waals surface area contributed by atoms with Crippen LogP contribution in [0.25, 0.3) is 0 Å². The first-order valence-corrected chi connectivity index (χ1v) is 8.12. The van der Waals surface area contributed by atoms with Gasteiger partial charge in [0.2, 0.25) is 0 Å². The predicted octanol–water partition coefficient (Wildman–Crippen LogP) is 3.71. The second-order valence-corrected chi connectivity index (χ2v) is 6.59. The van der Waals surface area contributed by atoms with Gasteiger partial charge in [0.05, 0.1) is 12.2 Å². The van der Waals surface area contributed by atoms with Crippen LogP contribution in [-0.4, -0.2) is 24.3 Å². The molecule has 2 aliphatic heterocycles. The van der Waals surface area contributed by atoms with Gasteiger partial charge in [-0.1, -0.05) is 19.3 Å². The van der Waals surface area contributed by atoms with Crippen LogP contribution in [-0.2, 0) is 0 Å². The summed E-state index contributed by atoms with van der Waals surface area (Å²) >= 11 is 1.82. The zero-order chi connectivity index (χ0) is 12.7. The number of anilines is 2. The summed E-state index contributed by atoms with van der Waals surface area (Å²) in [5.41, 5.74) is 2.62. The average molecular weight is 273 g/mol. The van der Waals surface area contributed by atoms with Gasteiger partial charge in [-0.15, -0.1) is 0 Å². The number of thioether (sulfide) groups is 1. The lowest BCUT2D eigenvalue weighted by Crippen LogP contribution is -2.22. The molecule has 1 aromatic carbocycles. The van der Waals surface area contributed by atoms with Crippen molar-refractivity contribution < 1.29 is 0 Å². The number of hydrogen-bond donors (Lipinski definition) is 1. The number of aliphatic imine (C=N–C) groups is 1. The Labute approximate surface area is 118 Å². The Morgan fingerprint density at radius 2 is 2.11 bits per heavy atom. The van der Waals surface area contributed by atoms with E-state index >= 15 is 0 Å². The standard InChI is InChI=1S/C15H19N3S/c1-2-4-11(5-3-1)17-12-6-7-13-14(10-12)19-15-16-8-9-18(13)15/h6-7,10-11,17H,1-5,8-9H2. The molecule has 1 aliphatic carbocycles. The van der Waals surface area contributed by atoms with Crippen LogP contribution in [0.15, 0.2) is 28.1 Å². The van der Waals surface area contributed by atoms with Gasteiger partial charge < -0.3 is 10.2 Å². The lowest BCUT2D eigenvalue weighted by Gasteiger charge is -2.24. The molecule has 0 aromatic heterocycles. The number of fused-ring (bicyclic) bond motifs is 3. The first-order valence-electron chi connectivity index (χ1n) is 7.30. The lowest BCUT2D eigenvalue weighted by atomic mass is 9.95. The normalized spacial score (nSPS) is 22.1. The highest BCUT2D eigenvalue weighted by molar-refractivity contribution is 8.14. The van der Waals surface area contributed by atoms with Crippen LogP contribution in [0, 0.1) is 0 Å². The number of nitrogens with zero attached hydrogens (tertiary/aromatic N) is 2. The van der Waals surface area contributed by atoms with E-state index in [0.29, 0.717) is 6.04 Å². The van der Waals surface area contributed by atoms with Crippen LogP contribution in [0.5, 0.6) is 0 Å². The maximum Gasteiger partial charge on any atom is 0.168 e. The van der Waals surface area contributed by atoms with Gasteiger partial charge in [-0.25, -0.2) is 0 Å². The summed E-state index contributed by atoms with van der Waals surface area (Å²) in [5.74, 6) is 0. The zero-order valence-electron chi connectivity index (χ0n) is 11.1. The number of benzene rings is 1. The maximum atomic E-state index is 4.54. The molecule has 0 amide bonds. The van der Waals surface area contributed by atoms with Gasteiger partial charge in [0.15, 0.2) is 5.17 Å². The third-order valence-electron chi connectivity index (χ3n) is 4.23. The Morgan fingerprint density at radius 1 is 1.21 bits per heavy atom. The molecule has 19 heavy (non-hydrogen) atoms. The third-order valence-corrected chi connectivity index (χ3v) is 5.31. The highest BCUT2D eigenvalue weighted by atomic mass is 32.2. The van der Waals surface area contributed by atoms with Crippen molar-refractivity contribution in [2.75, 3.05) is 23.3 Å². The van der Waals surface area contributed by atoms with Crippen LogP contribution in [0.1, 0.15) is 32.1 Å². The van der Waals surface area contributed by atoms with Crippen molar-refractivity contribution in [3.05, 3.63) is 18.2 Å². The number of hydrogen-bond acceptors (Lipinski definition) is 4. The minimum atomic E-state index is 0.676. The van der Waals surface area contributed by atoms with Crippen molar-refractivity contribution in [3.63, 3.8) is 0 Å². The molecule has 2 heterocycles. The van der Waals surface area contributed by atoms with Crippen LogP contribution >= 0.6 is 11.8 Å². The van der Waals surface area contributed by atoms with Gasteiger partial charge in [0.25, 0.3) is 0 Å². The summed E-state index contributed by atoms with van der Waals surface area (Å²) in [4.78, 5) is 8.24. The molecule has 1 N–H and O–H groups in total. The van der Waals surface area contributed by atoms with Crippen molar-refractivity contribution in [1.29, 1.82) is 0 Å². The fraction of sp³-hybridized carbons (Fsp3) is 0.533. The first kappa shape index (κ1) is 11.6. The average Bonchev–Trinajstić information content (AvgIpc) is 3.00. The Morgan fingerprint density at radius 3 is 3.00 bits per heavy atom. The maximum absolute atomic E-state index is 4.54. The molecule has 0 spiro atoms. The quantitative estimate of drug-likeness (QED) is 0.890. The van der Waals surface area contributed by atoms with Crippen LogP contribution in [0.3, 0.4) is 0 Å². The number of rotatable bonds is 2. The molecular formula is C15H19N3S. The molecule has 4 rings (SSSR count). The minimum Gasteiger partial charge on any atom is -0.382 e. The largest absolute Gasteiger partial charge is 0.382 e. The summed E-state index contributed by atoms with van der Waals surface area (Å²) in [6, 6.07) is 7.46. The van der Waals surface area contributed by atoms with E-state index in [9.17, 15) is 0 Å². The molecule has 1 fully saturated rings. The summed E-state index contributed by atoms with van der Waals surface area (Å²) < 4.78 is 0. The summed E-state index contributed by atoms with van der Waals surface area (Å²) in [5, 5.41) is 4.89. The van der Waals surface area contributed by atoms with Crippen molar-refractivity contribution in [1.82, 2.24) is 0 Å². The van der Waals surface area contributed by atoms with E-state index in [4.69, 9.17) is 0 Å². The Bertz CT molecular complexity index is 520. The molecule has 0 bridgehead atoms. The molecule has 0 unspecified atom stereocenters. The summed E-state index contributed by atoms with van der Waals surface area (Å²) in [6.45, 7) is 1.99. The Balaban J connectivity index is 1.53. The second kappa shape index (κ2) is 4.75. The molecule has 0 atom stereocenters. The Kier molecular flexibility index (Phi) is 2.91. The molecule has 4 heteroatoms. The predicted molar refractivity (Wildman–Crippen MR) is 82.4 cm³/mol. The Hall–Kier alpha value is -1.16. The molecular weight excluding hydrogens is 254 g/mol. The highest BCUT2D eigenvalue weighted by Crippen LogP contribution is 2.43. The molecule has 1 saturated carbocycles. The SMILES string of the molecule is c1cc2c(cc1NC1CCCCC1)SC1=NCCN12. The zero-order valence-corrected chi connectivity index (χ0v) is 11.9. The van der Waals surface area contributed by atoms with Crippen LogP contribution < -0.4 is 10.2 Å².